The smallest absolute Gasteiger partial charge is 0.339 e. The van der Waals surface area contributed by atoms with Gasteiger partial charge in [-0.15, -0.1) is 0 Å². The number of rotatable bonds is 5. The van der Waals surface area contributed by atoms with Crippen molar-refractivity contribution in [2.75, 3.05) is 5.32 Å². The molecule has 108 valence electrons. The van der Waals surface area contributed by atoms with Gasteiger partial charge in [-0.05, 0) is 24.1 Å². The van der Waals surface area contributed by atoms with Crippen molar-refractivity contribution in [2.24, 2.45) is 0 Å². The van der Waals surface area contributed by atoms with Gasteiger partial charge in [-0.1, -0.05) is 19.1 Å². The Morgan fingerprint density at radius 1 is 1.43 bits per heavy atom. The first-order valence-corrected chi connectivity index (χ1v) is 6.25. The Morgan fingerprint density at radius 3 is 2.81 bits per heavy atom. The van der Waals surface area contributed by atoms with Crippen molar-refractivity contribution in [1.29, 1.82) is 0 Å². The quantitative estimate of drug-likeness (QED) is 0.647. The summed E-state index contributed by atoms with van der Waals surface area (Å²) in [6, 6.07) is 8.42. The fourth-order valence-corrected chi connectivity index (χ4v) is 1.82. The molecule has 2 aromatic rings. The van der Waals surface area contributed by atoms with E-state index < -0.39 is 10.9 Å². The number of pyridine rings is 1. The minimum absolute atomic E-state index is 0.0707. The summed E-state index contributed by atoms with van der Waals surface area (Å²) in [5.74, 6) is -1.21. The van der Waals surface area contributed by atoms with Gasteiger partial charge in [-0.3, -0.25) is 10.1 Å². The van der Waals surface area contributed by atoms with Crippen molar-refractivity contribution in [2.45, 2.75) is 13.3 Å². The summed E-state index contributed by atoms with van der Waals surface area (Å²) in [5.41, 5.74) is 1.16. The minimum Gasteiger partial charge on any atom is -0.478 e. The van der Waals surface area contributed by atoms with E-state index in [1.54, 1.807) is 6.07 Å². The molecule has 0 fully saturated rings. The second-order valence-corrected chi connectivity index (χ2v) is 4.33. The van der Waals surface area contributed by atoms with Gasteiger partial charge in [0.15, 0.2) is 0 Å². The van der Waals surface area contributed by atoms with Gasteiger partial charge in [0.1, 0.15) is 17.6 Å². The molecular weight excluding hydrogens is 274 g/mol. The van der Waals surface area contributed by atoms with Gasteiger partial charge in [0.25, 0.3) is 5.69 Å². The van der Waals surface area contributed by atoms with Crippen molar-refractivity contribution in [3.63, 3.8) is 0 Å². The molecule has 0 unspecified atom stereocenters. The monoisotopic (exact) mass is 287 g/mol. The van der Waals surface area contributed by atoms with Crippen LogP contribution in [-0.4, -0.2) is 21.0 Å². The molecule has 0 aliphatic heterocycles. The number of benzene rings is 1. The number of carbonyl (C=O) groups is 1. The zero-order valence-electron chi connectivity index (χ0n) is 11.2. The van der Waals surface area contributed by atoms with Gasteiger partial charge in [0, 0.05) is 11.8 Å². The number of nitrogens with one attached hydrogen (secondary N) is 1. The Bertz CT molecular complexity index is 700. The first-order valence-electron chi connectivity index (χ1n) is 6.25. The summed E-state index contributed by atoms with van der Waals surface area (Å²) >= 11 is 0. The highest BCUT2D eigenvalue weighted by molar-refractivity contribution is 5.94. The van der Waals surface area contributed by atoms with E-state index in [-0.39, 0.29) is 17.1 Å². The van der Waals surface area contributed by atoms with E-state index in [0.717, 1.165) is 24.2 Å². The van der Waals surface area contributed by atoms with E-state index in [1.165, 1.54) is 0 Å². The van der Waals surface area contributed by atoms with E-state index in [4.69, 9.17) is 5.11 Å². The number of aromatic carboxylic acids is 1. The molecule has 0 amide bonds. The highest BCUT2D eigenvalue weighted by Crippen LogP contribution is 2.23. The second-order valence-electron chi connectivity index (χ2n) is 4.33. The van der Waals surface area contributed by atoms with Crippen LogP contribution in [0.2, 0.25) is 0 Å². The Balaban J connectivity index is 2.38. The Morgan fingerprint density at radius 2 is 2.19 bits per heavy atom. The van der Waals surface area contributed by atoms with Crippen LogP contribution in [0.1, 0.15) is 22.8 Å². The lowest BCUT2D eigenvalue weighted by Crippen LogP contribution is -2.06. The van der Waals surface area contributed by atoms with Crippen LogP contribution in [0.5, 0.6) is 0 Å². The molecule has 7 heteroatoms. The summed E-state index contributed by atoms with van der Waals surface area (Å²) in [5, 5.41) is 22.7. The van der Waals surface area contributed by atoms with Gasteiger partial charge in [0.2, 0.25) is 0 Å². The Hall–Kier alpha value is -2.96. The van der Waals surface area contributed by atoms with E-state index in [9.17, 15) is 14.9 Å². The molecule has 7 nitrogen and oxygen atoms in total. The Kier molecular flexibility index (Phi) is 4.13. The molecule has 0 bridgehead atoms. The first kappa shape index (κ1) is 14.4. The van der Waals surface area contributed by atoms with Crippen molar-refractivity contribution >= 4 is 23.2 Å². The molecule has 1 aromatic heterocycles. The molecule has 0 aliphatic carbocycles. The molecule has 2 N–H and O–H groups in total. The lowest BCUT2D eigenvalue weighted by Gasteiger charge is -2.09. The summed E-state index contributed by atoms with van der Waals surface area (Å²) < 4.78 is 0. The zero-order chi connectivity index (χ0) is 15.4. The molecule has 0 saturated carbocycles. The van der Waals surface area contributed by atoms with Gasteiger partial charge >= 0.3 is 5.97 Å². The van der Waals surface area contributed by atoms with Crippen LogP contribution in [0.15, 0.2) is 36.5 Å². The molecule has 0 aliphatic rings. The zero-order valence-corrected chi connectivity index (χ0v) is 11.2. The standard InChI is InChI=1S/C14H13N3O4/c1-2-9-4-3-5-10(6-9)16-13-12(14(18)19)7-11(8-15-13)17(20)21/h3-8H,2H2,1H3,(H,15,16)(H,18,19). The third kappa shape index (κ3) is 3.33. The summed E-state index contributed by atoms with van der Waals surface area (Å²) in [7, 11) is 0. The van der Waals surface area contributed by atoms with Gasteiger partial charge < -0.3 is 10.4 Å². The number of hydrogen-bond donors (Lipinski definition) is 2. The third-order valence-corrected chi connectivity index (χ3v) is 2.91. The number of anilines is 2. The molecule has 21 heavy (non-hydrogen) atoms. The third-order valence-electron chi connectivity index (χ3n) is 2.91. The number of hydrogen-bond acceptors (Lipinski definition) is 5. The minimum atomic E-state index is -1.28. The maximum Gasteiger partial charge on any atom is 0.339 e. The number of aryl methyl sites for hydroxylation is 1. The van der Waals surface area contributed by atoms with E-state index in [0.29, 0.717) is 5.69 Å². The van der Waals surface area contributed by atoms with Crippen LogP contribution < -0.4 is 5.32 Å². The van der Waals surface area contributed by atoms with Crippen LogP contribution >= 0.6 is 0 Å². The lowest BCUT2D eigenvalue weighted by molar-refractivity contribution is -0.385. The molecule has 0 radical (unpaired) electrons. The largest absolute Gasteiger partial charge is 0.478 e. The predicted octanol–water partition coefficient (Wildman–Crippen LogP) is 2.99. The number of carboxylic acid groups (broad SMARTS) is 1. The van der Waals surface area contributed by atoms with Crippen LogP contribution in [0, 0.1) is 10.1 Å². The van der Waals surface area contributed by atoms with E-state index in [2.05, 4.69) is 10.3 Å². The molecule has 0 spiro atoms. The average Bonchev–Trinajstić information content (AvgIpc) is 2.47. The van der Waals surface area contributed by atoms with Gasteiger partial charge in [-0.25, -0.2) is 9.78 Å². The summed E-state index contributed by atoms with van der Waals surface area (Å²) in [4.78, 5) is 25.0. The normalized spacial score (nSPS) is 10.1. The van der Waals surface area contributed by atoms with Gasteiger partial charge in [0.05, 0.1) is 4.92 Å². The van der Waals surface area contributed by atoms with Crippen molar-refractivity contribution in [1.82, 2.24) is 4.98 Å². The van der Waals surface area contributed by atoms with E-state index in [1.807, 2.05) is 25.1 Å². The first-order chi connectivity index (χ1) is 10.0. The maximum absolute atomic E-state index is 11.2. The number of carboxylic acids is 1. The van der Waals surface area contributed by atoms with E-state index >= 15 is 0 Å². The average molecular weight is 287 g/mol. The van der Waals surface area contributed by atoms with Crippen molar-refractivity contribution in [3.05, 3.63) is 57.8 Å². The SMILES string of the molecule is CCc1cccc(Nc2ncc([N+](=O)[O-])cc2C(=O)O)c1. The summed E-state index contributed by atoms with van der Waals surface area (Å²) in [6.45, 7) is 2.01. The van der Waals surface area contributed by atoms with Crippen molar-refractivity contribution in [3.8, 4) is 0 Å². The molecular formula is C14H13N3O4. The Labute approximate surface area is 120 Å². The van der Waals surface area contributed by atoms with Gasteiger partial charge in [-0.2, -0.15) is 0 Å². The highest BCUT2D eigenvalue weighted by Gasteiger charge is 2.17. The van der Waals surface area contributed by atoms with Crippen LogP contribution in [0.4, 0.5) is 17.2 Å². The number of nitrogens with zero attached hydrogens (tertiary/aromatic N) is 2. The highest BCUT2D eigenvalue weighted by atomic mass is 16.6. The topological polar surface area (TPSA) is 105 Å². The fraction of sp³-hybridized carbons (Fsp3) is 0.143. The predicted molar refractivity (Wildman–Crippen MR) is 77.0 cm³/mol. The van der Waals surface area contributed by atoms with Crippen LogP contribution in [0.3, 0.4) is 0 Å². The molecule has 1 aromatic carbocycles. The molecule has 2 rings (SSSR count). The fourth-order valence-electron chi connectivity index (χ4n) is 1.82. The maximum atomic E-state index is 11.2. The number of aromatic nitrogens is 1. The molecule has 0 saturated heterocycles. The van der Waals surface area contributed by atoms with Crippen molar-refractivity contribution < 1.29 is 14.8 Å². The van der Waals surface area contributed by atoms with Crippen LogP contribution in [-0.2, 0) is 6.42 Å². The number of nitro groups is 1. The van der Waals surface area contributed by atoms with Crippen LogP contribution in [0.25, 0.3) is 0 Å². The molecule has 1 heterocycles. The molecule has 0 atom stereocenters. The summed E-state index contributed by atoms with van der Waals surface area (Å²) in [6.07, 6.45) is 1.87. The second kappa shape index (κ2) is 6.00. The lowest BCUT2D eigenvalue weighted by atomic mass is 10.1.